The van der Waals surface area contributed by atoms with Crippen molar-refractivity contribution in [2.24, 2.45) is 5.10 Å². The average Bonchev–Trinajstić information content (AvgIpc) is 3.20. The number of aromatic nitrogens is 1. The lowest BCUT2D eigenvalue weighted by Gasteiger charge is -2.23. The molecule has 0 radical (unpaired) electrons. The van der Waals surface area contributed by atoms with E-state index in [1.165, 1.54) is 0 Å². The molecule has 2 aliphatic heterocycles. The van der Waals surface area contributed by atoms with Gasteiger partial charge in [0.25, 0.3) is 0 Å². The molecule has 3 aliphatic rings. The van der Waals surface area contributed by atoms with Crippen LogP contribution in [0, 0.1) is 0 Å². The van der Waals surface area contributed by atoms with Gasteiger partial charge in [0.15, 0.2) is 11.5 Å². The minimum atomic E-state index is -0.498. The molecule has 0 bridgehead atoms. The van der Waals surface area contributed by atoms with Gasteiger partial charge in [0, 0.05) is 34.1 Å². The van der Waals surface area contributed by atoms with E-state index in [-0.39, 0.29) is 18.1 Å². The molecule has 1 amide bonds. The summed E-state index contributed by atoms with van der Waals surface area (Å²) in [7, 11) is 0. The lowest BCUT2D eigenvalue weighted by Crippen LogP contribution is -2.35. The van der Waals surface area contributed by atoms with Gasteiger partial charge in [-0.1, -0.05) is 19.9 Å². The molecule has 1 aliphatic carbocycles. The summed E-state index contributed by atoms with van der Waals surface area (Å²) in [6.07, 6.45) is 3.41. The molecular formula is C25H28N6O3. The summed E-state index contributed by atoms with van der Waals surface area (Å²) in [6, 6.07) is 14.0. The van der Waals surface area contributed by atoms with E-state index in [2.05, 4.69) is 51.8 Å². The van der Waals surface area contributed by atoms with Crippen LogP contribution in [0.3, 0.4) is 0 Å². The smallest absolute Gasteiger partial charge is 0.235 e. The minimum Gasteiger partial charge on any atom is -0.454 e. The van der Waals surface area contributed by atoms with Gasteiger partial charge in [0.1, 0.15) is 5.84 Å². The number of amides is 1. The lowest BCUT2D eigenvalue weighted by atomic mass is 9.84. The summed E-state index contributed by atoms with van der Waals surface area (Å²) in [5.74, 6) is 2.36. The zero-order valence-electron chi connectivity index (χ0n) is 19.2. The Morgan fingerprint density at radius 1 is 1.12 bits per heavy atom. The van der Waals surface area contributed by atoms with Crippen molar-refractivity contribution in [3.63, 3.8) is 0 Å². The van der Waals surface area contributed by atoms with Gasteiger partial charge in [-0.15, -0.1) is 10.6 Å². The van der Waals surface area contributed by atoms with Crippen LogP contribution >= 0.6 is 0 Å². The second kappa shape index (κ2) is 7.66. The Balaban J connectivity index is 1.18. The van der Waals surface area contributed by atoms with Gasteiger partial charge in [-0.3, -0.25) is 10.2 Å². The highest BCUT2D eigenvalue weighted by Gasteiger charge is 2.51. The molecule has 0 saturated heterocycles. The highest BCUT2D eigenvalue weighted by atomic mass is 16.7. The molecule has 0 unspecified atom stereocenters. The fourth-order valence-corrected chi connectivity index (χ4v) is 4.70. The Bertz CT molecular complexity index is 1310. The number of hydrogen-bond donors (Lipinski definition) is 5. The minimum absolute atomic E-state index is 0.0221. The van der Waals surface area contributed by atoms with Crippen LogP contribution in [0.25, 0.3) is 10.9 Å². The zero-order chi connectivity index (χ0) is 23.3. The summed E-state index contributed by atoms with van der Waals surface area (Å²) in [5, 5.41) is 8.39. The van der Waals surface area contributed by atoms with Gasteiger partial charge in [0.05, 0.1) is 5.41 Å². The van der Waals surface area contributed by atoms with Crippen molar-refractivity contribution in [1.82, 2.24) is 21.5 Å². The highest BCUT2D eigenvalue weighted by molar-refractivity contribution is 6.02. The molecule has 0 atom stereocenters. The molecule has 2 aromatic carbocycles. The second-order valence-electron chi connectivity index (χ2n) is 9.89. The first kappa shape index (κ1) is 20.9. The molecule has 1 aromatic heterocycles. The van der Waals surface area contributed by atoms with Gasteiger partial charge in [0.2, 0.25) is 12.7 Å². The highest BCUT2D eigenvalue weighted by Crippen LogP contribution is 2.51. The van der Waals surface area contributed by atoms with Crippen molar-refractivity contribution >= 4 is 28.3 Å². The standard InChI is InChI=1S/C25H28N6O3/c1-24(2,8-7-22-28-30-31-29-22)21-12-15-11-17(4-5-18(15)27-21)26-23(32)25(9-10-25)16-3-6-19-20(13-16)34-14-33-19/h3-6,11-13,27,30-31H,7-10,14H2,1-2H3,(H,26,32)(H,28,29). The van der Waals surface area contributed by atoms with E-state index in [4.69, 9.17) is 9.47 Å². The first-order chi connectivity index (χ1) is 16.4. The van der Waals surface area contributed by atoms with E-state index in [0.29, 0.717) is 5.75 Å². The normalized spacial score (nSPS) is 17.8. The van der Waals surface area contributed by atoms with Crippen molar-refractivity contribution in [2.45, 2.75) is 50.4 Å². The van der Waals surface area contributed by atoms with Crippen LogP contribution in [-0.4, -0.2) is 23.5 Å². The summed E-state index contributed by atoms with van der Waals surface area (Å²) in [4.78, 5) is 16.8. The van der Waals surface area contributed by atoms with Gasteiger partial charge in [-0.05, 0) is 61.2 Å². The maximum atomic E-state index is 13.3. The Hall–Kier alpha value is -3.72. The first-order valence-electron chi connectivity index (χ1n) is 11.6. The number of carbonyl (C=O) groups is 1. The molecule has 1 fully saturated rings. The third kappa shape index (κ3) is 3.62. The fourth-order valence-electron chi connectivity index (χ4n) is 4.70. The van der Waals surface area contributed by atoms with E-state index in [0.717, 1.165) is 65.1 Å². The predicted octanol–water partition coefficient (Wildman–Crippen LogP) is 3.55. The number of aromatic amines is 1. The van der Waals surface area contributed by atoms with E-state index in [1.807, 2.05) is 36.4 Å². The van der Waals surface area contributed by atoms with Gasteiger partial charge in [-0.2, -0.15) is 0 Å². The summed E-state index contributed by atoms with van der Waals surface area (Å²) in [6.45, 7) is 4.67. The SMILES string of the molecule is CC(C)(CCC1=NNNN1)c1cc2cc(NC(=O)C3(c4ccc5c(c4)OCO5)CC3)ccc2[nH]1. The Labute approximate surface area is 197 Å². The maximum absolute atomic E-state index is 13.3. The van der Waals surface area contributed by atoms with Gasteiger partial charge < -0.3 is 19.8 Å². The molecule has 0 spiro atoms. The lowest BCUT2D eigenvalue weighted by molar-refractivity contribution is -0.118. The van der Waals surface area contributed by atoms with Crippen molar-refractivity contribution in [2.75, 3.05) is 12.1 Å². The van der Waals surface area contributed by atoms with Gasteiger partial charge >= 0.3 is 0 Å². The number of H-pyrrole nitrogens is 1. The maximum Gasteiger partial charge on any atom is 0.235 e. The third-order valence-corrected chi connectivity index (χ3v) is 7.16. The second-order valence-corrected chi connectivity index (χ2v) is 9.89. The molecule has 9 nitrogen and oxygen atoms in total. The van der Waals surface area contributed by atoms with Crippen LogP contribution < -0.4 is 31.3 Å². The Morgan fingerprint density at radius 3 is 2.76 bits per heavy atom. The quantitative estimate of drug-likeness (QED) is 0.369. The summed E-state index contributed by atoms with van der Waals surface area (Å²) in [5.41, 5.74) is 11.9. The Kier molecular flexibility index (Phi) is 4.70. The van der Waals surface area contributed by atoms with Crippen molar-refractivity contribution in [3.05, 3.63) is 53.7 Å². The number of hydrazine groups is 2. The number of hydrazone groups is 1. The number of benzene rings is 2. The molecule has 3 aromatic rings. The van der Waals surface area contributed by atoms with Crippen molar-refractivity contribution < 1.29 is 14.3 Å². The van der Waals surface area contributed by atoms with E-state index in [9.17, 15) is 4.79 Å². The van der Waals surface area contributed by atoms with E-state index < -0.39 is 5.41 Å². The molecule has 9 heteroatoms. The topological polar surface area (TPSA) is 112 Å². The predicted molar refractivity (Wildman–Crippen MR) is 130 cm³/mol. The first-order valence-corrected chi connectivity index (χ1v) is 11.6. The molecule has 1 saturated carbocycles. The molecular weight excluding hydrogens is 432 g/mol. The van der Waals surface area contributed by atoms with Gasteiger partial charge in [-0.25, -0.2) is 5.53 Å². The molecule has 176 valence electrons. The number of anilines is 1. The fraction of sp³-hybridized carbons (Fsp3) is 0.360. The number of nitrogens with zero attached hydrogens (tertiary/aromatic N) is 1. The third-order valence-electron chi connectivity index (χ3n) is 7.16. The molecule has 6 rings (SSSR count). The number of ether oxygens (including phenoxy) is 2. The average molecular weight is 461 g/mol. The zero-order valence-corrected chi connectivity index (χ0v) is 19.2. The summed E-state index contributed by atoms with van der Waals surface area (Å²) >= 11 is 0. The molecule has 3 heterocycles. The number of fused-ring (bicyclic) bond motifs is 2. The monoisotopic (exact) mass is 460 g/mol. The number of hydrogen-bond acceptors (Lipinski definition) is 7. The molecule has 34 heavy (non-hydrogen) atoms. The van der Waals surface area contributed by atoms with Crippen LogP contribution in [0.1, 0.15) is 50.8 Å². The van der Waals surface area contributed by atoms with E-state index in [1.54, 1.807) is 0 Å². The van der Waals surface area contributed by atoms with Crippen LogP contribution in [0.4, 0.5) is 5.69 Å². The van der Waals surface area contributed by atoms with Crippen LogP contribution in [0.2, 0.25) is 0 Å². The van der Waals surface area contributed by atoms with E-state index >= 15 is 0 Å². The van der Waals surface area contributed by atoms with Crippen LogP contribution in [-0.2, 0) is 15.6 Å². The Morgan fingerprint density at radius 2 is 1.97 bits per heavy atom. The summed E-state index contributed by atoms with van der Waals surface area (Å²) < 4.78 is 10.9. The largest absolute Gasteiger partial charge is 0.454 e. The van der Waals surface area contributed by atoms with Crippen LogP contribution in [0.15, 0.2) is 47.6 Å². The van der Waals surface area contributed by atoms with Crippen molar-refractivity contribution in [1.29, 1.82) is 0 Å². The number of rotatable bonds is 7. The molecule has 5 N–H and O–H groups in total. The number of nitrogens with one attached hydrogen (secondary N) is 5. The van der Waals surface area contributed by atoms with Crippen molar-refractivity contribution in [3.8, 4) is 11.5 Å². The number of amidine groups is 1. The van der Waals surface area contributed by atoms with Crippen LogP contribution in [0.5, 0.6) is 11.5 Å². The number of carbonyl (C=O) groups excluding carboxylic acids is 1.